The van der Waals surface area contributed by atoms with E-state index in [1.54, 1.807) is 0 Å². The van der Waals surface area contributed by atoms with E-state index in [9.17, 15) is 4.79 Å². The minimum Gasteiger partial charge on any atom is -0.477 e. The molecule has 0 fully saturated rings. The van der Waals surface area contributed by atoms with E-state index in [0.717, 1.165) is 0 Å². The largest absolute Gasteiger partial charge is 0.477 e. The Morgan fingerprint density at radius 1 is 1.54 bits per heavy atom. The van der Waals surface area contributed by atoms with Gasteiger partial charge in [0.1, 0.15) is 0 Å². The quantitative estimate of drug-likeness (QED) is 0.732. The molecule has 13 heavy (non-hydrogen) atoms. The first-order valence-corrected chi connectivity index (χ1v) is 4.21. The highest BCUT2D eigenvalue weighted by Gasteiger charge is 2.01. The van der Waals surface area contributed by atoms with Crippen LogP contribution >= 0.6 is 0 Å². The molecule has 1 aromatic heterocycles. The van der Waals surface area contributed by atoms with Crippen molar-refractivity contribution < 1.29 is 4.74 Å². The van der Waals surface area contributed by atoms with Crippen LogP contribution in [0.4, 0.5) is 5.69 Å². The first-order chi connectivity index (χ1) is 6.09. The van der Waals surface area contributed by atoms with E-state index >= 15 is 0 Å². The highest BCUT2D eigenvalue weighted by atomic mass is 16.5. The number of rotatable bonds is 3. The van der Waals surface area contributed by atoms with Crippen molar-refractivity contribution in [3.8, 4) is 5.88 Å². The first kappa shape index (κ1) is 9.64. The van der Waals surface area contributed by atoms with Crippen LogP contribution in [0.3, 0.4) is 0 Å². The van der Waals surface area contributed by atoms with Gasteiger partial charge in [0.05, 0.1) is 12.3 Å². The second kappa shape index (κ2) is 3.98. The number of aromatic amines is 1. The SMILES string of the molecule is CC(C)COc1[nH]c(=O)ccc1N. The van der Waals surface area contributed by atoms with Crippen LogP contribution < -0.4 is 16.0 Å². The van der Waals surface area contributed by atoms with Gasteiger partial charge in [-0.1, -0.05) is 13.8 Å². The number of nitrogens with one attached hydrogen (secondary N) is 1. The third kappa shape index (κ3) is 2.82. The molecule has 4 heteroatoms. The zero-order valence-electron chi connectivity index (χ0n) is 7.83. The normalized spacial score (nSPS) is 10.4. The van der Waals surface area contributed by atoms with E-state index in [1.165, 1.54) is 12.1 Å². The lowest BCUT2D eigenvalue weighted by atomic mass is 10.2. The Bertz CT molecular complexity index is 331. The van der Waals surface area contributed by atoms with Crippen LogP contribution in [-0.2, 0) is 0 Å². The summed E-state index contributed by atoms with van der Waals surface area (Å²) in [7, 11) is 0. The zero-order chi connectivity index (χ0) is 9.84. The maximum absolute atomic E-state index is 10.9. The Kier molecular flexibility index (Phi) is 2.95. The molecule has 0 aliphatic rings. The minimum absolute atomic E-state index is 0.201. The second-order valence-corrected chi connectivity index (χ2v) is 3.31. The second-order valence-electron chi connectivity index (χ2n) is 3.31. The van der Waals surface area contributed by atoms with Gasteiger partial charge in [-0.15, -0.1) is 0 Å². The Labute approximate surface area is 76.7 Å². The molecule has 0 atom stereocenters. The van der Waals surface area contributed by atoms with E-state index in [1.807, 2.05) is 13.8 Å². The fraction of sp³-hybridized carbons (Fsp3) is 0.444. The number of ether oxygens (including phenoxy) is 1. The van der Waals surface area contributed by atoms with Crippen molar-refractivity contribution in [3.63, 3.8) is 0 Å². The van der Waals surface area contributed by atoms with Crippen molar-refractivity contribution in [2.75, 3.05) is 12.3 Å². The van der Waals surface area contributed by atoms with Gasteiger partial charge in [0.2, 0.25) is 5.88 Å². The van der Waals surface area contributed by atoms with Crippen LogP contribution in [0.25, 0.3) is 0 Å². The predicted octanol–water partition coefficient (Wildman–Crippen LogP) is 0.992. The van der Waals surface area contributed by atoms with Crippen LogP contribution in [0.2, 0.25) is 0 Å². The number of hydrogen-bond acceptors (Lipinski definition) is 3. The zero-order valence-corrected chi connectivity index (χ0v) is 7.83. The molecule has 0 bridgehead atoms. The number of anilines is 1. The fourth-order valence-corrected chi connectivity index (χ4v) is 0.836. The molecule has 0 unspecified atom stereocenters. The predicted molar refractivity (Wildman–Crippen MR) is 51.8 cm³/mol. The lowest BCUT2D eigenvalue weighted by molar-refractivity contribution is 0.262. The smallest absolute Gasteiger partial charge is 0.250 e. The molecule has 0 amide bonds. The maximum Gasteiger partial charge on any atom is 0.250 e. The standard InChI is InChI=1S/C9H14N2O2/c1-6(2)5-13-9-7(10)3-4-8(12)11-9/h3-4,6H,5,10H2,1-2H3,(H,11,12). The minimum atomic E-state index is -0.201. The van der Waals surface area contributed by atoms with Gasteiger partial charge in [-0.2, -0.15) is 0 Å². The van der Waals surface area contributed by atoms with Crippen LogP contribution in [0.1, 0.15) is 13.8 Å². The van der Waals surface area contributed by atoms with Crippen molar-refractivity contribution in [1.29, 1.82) is 0 Å². The topological polar surface area (TPSA) is 68.1 Å². The lowest BCUT2D eigenvalue weighted by Crippen LogP contribution is -2.12. The van der Waals surface area contributed by atoms with E-state index < -0.39 is 0 Å². The number of H-pyrrole nitrogens is 1. The van der Waals surface area contributed by atoms with Crippen LogP contribution in [0, 0.1) is 5.92 Å². The van der Waals surface area contributed by atoms with Gasteiger partial charge < -0.3 is 10.5 Å². The molecule has 0 saturated carbocycles. The molecule has 0 saturated heterocycles. The molecule has 0 radical (unpaired) electrons. The number of nitrogen functional groups attached to an aromatic ring is 1. The maximum atomic E-state index is 10.9. The summed E-state index contributed by atoms with van der Waals surface area (Å²) in [5.74, 6) is 0.768. The third-order valence-corrected chi connectivity index (χ3v) is 1.47. The summed E-state index contributed by atoms with van der Waals surface area (Å²) in [4.78, 5) is 13.4. The van der Waals surface area contributed by atoms with Crippen molar-refractivity contribution in [3.05, 3.63) is 22.5 Å². The lowest BCUT2D eigenvalue weighted by Gasteiger charge is -2.09. The molecule has 1 heterocycles. The van der Waals surface area contributed by atoms with Crippen molar-refractivity contribution in [2.45, 2.75) is 13.8 Å². The molecule has 1 aromatic rings. The Morgan fingerprint density at radius 2 is 2.23 bits per heavy atom. The Hall–Kier alpha value is -1.45. The van der Waals surface area contributed by atoms with Crippen molar-refractivity contribution >= 4 is 5.69 Å². The van der Waals surface area contributed by atoms with Gasteiger partial charge in [0.25, 0.3) is 5.56 Å². The van der Waals surface area contributed by atoms with Gasteiger partial charge in [0, 0.05) is 6.07 Å². The average molecular weight is 182 g/mol. The van der Waals surface area contributed by atoms with Crippen LogP contribution in [-0.4, -0.2) is 11.6 Å². The molecule has 72 valence electrons. The summed E-state index contributed by atoms with van der Waals surface area (Å²) in [6.07, 6.45) is 0. The summed E-state index contributed by atoms with van der Waals surface area (Å²) >= 11 is 0. The molecule has 0 spiro atoms. The van der Waals surface area contributed by atoms with Crippen molar-refractivity contribution in [1.82, 2.24) is 4.98 Å². The van der Waals surface area contributed by atoms with Crippen molar-refractivity contribution in [2.24, 2.45) is 5.92 Å². The fourth-order valence-electron chi connectivity index (χ4n) is 0.836. The first-order valence-electron chi connectivity index (χ1n) is 4.21. The van der Waals surface area contributed by atoms with Gasteiger partial charge in [-0.3, -0.25) is 9.78 Å². The highest BCUT2D eigenvalue weighted by molar-refractivity contribution is 5.46. The van der Waals surface area contributed by atoms with Gasteiger partial charge in [-0.05, 0) is 12.0 Å². The molecule has 0 aliphatic carbocycles. The summed E-state index contributed by atoms with van der Waals surface area (Å²) < 4.78 is 5.30. The van der Waals surface area contributed by atoms with Gasteiger partial charge in [-0.25, -0.2) is 0 Å². The van der Waals surface area contributed by atoms with Gasteiger partial charge in [0.15, 0.2) is 0 Å². The average Bonchev–Trinajstić information content (AvgIpc) is 2.06. The molecule has 3 N–H and O–H groups in total. The van der Waals surface area contributed by atoms with Crippen LogP contribution in [0.5, 0.6) is 5.88 Å². The van der Waals surface area contributed by atoms with E-state index in [4.69, 9.17) is 10.5 Å². The molecule has 0 aliphatic heterocycles. The Morgan fingerprint density at radius 3 is 2.85 bits per heavy atom. The third-order valence-electron chi connectivity index (χ3n) is 1.47. The van der Waals surface area contributed by atoms with E-state index in [2.05, 4.69) is 4.98 Å². The van der Waals surface area contributed by atoms with Gasteiger partial charge >= 0.3 is 0 Å². The van der Waals surface area contributed by atoms with Crippen LogP contribution in [0.15, 0.2) is 16.9 Å². The summed E-state index contributed by atoms with van der Waals surface area (Å²) in [5.41, 5.74) is 5.84. The monoisotopic (exact) mass is 182 g/mol. The number of aromatic nitrogens is 1. The number of pyridine rings is 1. The number of nitrogens with two attached hydrogens (primary N) is 1. The van der Waals surface area contributed by atoms with E-state index in [-0.39, 0.29) is 5.56 Å². The molecular weight excluding hydrogens is 168 g/mol. The summed E-state index contributed by atoms with van der Waals surface area (Å²) in [6, 6.07) is 2.91. The number of hydrogen-bond donors (Lipinski definition) is 2. The van der Waals surface area contributed by atoms with E-state index in [0.29, 0.717) is 24.1 Å². The summed E-state index contributed by atoms with van der Waals surface area (Å²) in [6.45, 7) is 4.60. The molecule has 0 aromatic carbocycles. The molecular formula is C9H14N2O2. The summed E-state index contributed by atoms with van der Waals surface area (Å²) in [5, 5.41) is 0. The highest BCUT2D eigenvalue weighted by Crippen LogP contribution is 2.14. The Balaban J connectivity index is 2.76. The molecule has 1 rings (SSSR count). The molecule has 4 nitrogen and oxygen atoms in total.